The summed E-state index contributed by atoms with van der Waals surface area (Å²) in [5, 5.41) is 0. The van der Waals surface area contributed by atoms with Crippen molar-refractivity contribution < 1.29 is 22.3 Å². The molecule has 0 aliphatic rings. The molecule has 0 saturated carbocycles. The first-order chi connectivity index (χ1) is 11.0. The second-order valence-corrected chi connectivity index (χ2v) is 4.97. The van der Waals surface area contributed by atoms with E-state index in [1.807, 2.05) is 24.3 Å². The quantitative estimate of drug-likeness (QED) is 0.623. The second-order valence-electron chi connectivity index (χ2n) is 4.97. The van der Waals surface area contributed by atoms with Gasteiger partial charge < -0.3 is 9.15 Å². The van der Waals surface area contributed by atoms with Crippen molar-refractivity contribution in [1.82, 2.24) is 0 Å². The third-order valence-corrected chi connectivity index (χ3v) is 3.48. The molecule has 23 heavy (non-hydrogen) atoms. The second kappa shape index (κ2) is 5.83. The van der Waals surface area contributed by atoms with Crippen LogP contribution in [0.5, 0.6) is 5.75 Å². The number of methoxy groups -OCH3 is 1. The summed E-state index contributed by atoms with van der Waals surface area (Å²) in [7, 11) is 1.59. The molecular formula is C18H13F3O2. The van der Waals surface area contributed by atoms with Gasteiger partial charge in [0.2, 0.25) is 0 Å². The molecular weight excluding hydrogens is 305 g/mol. The summed E-state index contributed by atoms with van der Waals surface area (Å²) in [4.78, 5) is 0. The van der Waals surface area contributed by atoms with Gasteiger partial charge in [0.05, 0.1) is 12.7 Å². The van der Waals surface area contributed by atoms with Gasteiger partial charge in [-0.25, -0.2) is 0 Å². The van der Waals surface area contributed by atoms with Gasteiger partial charge in [-0.1, -0.05) is 12.1 Å². The Labute approximate surface area is 131 Å². The number of halogens is 3. The van der Waals surface area contributed by atoms with Crippen molar-refractivity contribution in [3.8, 4) is 28.4 Å². The maximum absolute atomic E-state index is 12.6. The highest BCUT2D eigenvalue weighted by Gasteiger charge is 2.30. The van der Waals surface area contributed by atoms with Crippen LogP contribution in [0.1, 0.15) is 5.56 Å². The highest BCUT2D eigenvalue weighted by Crippen LogP contribution is 2.33. The SMILES string of the molecule is COc1ccc(-c2ccc(-c3ccc(C(F)(F)F)cc3)o2)cc1. The Morgan fingerprint density at radius 3 is 1.65 bits per heavy atom. The minimum atomic E-state index is -4.34. The predicted molar refractivity (Wildman–Crippen MR) is 81.1 cm³/mol. The molecule has 1 aromatic heterocycles. The molecule has 0 fully saturated rings. The molecule has 0 amide bonds. The van der Waals surface area contributed by atoms with Gasteiger partial charge >= 0.3 is 6.18 Å². The van der Waals surface area contributed by atoms with Crippen molar-refractivity contribution in [3.63, 3.8) is 0 Å². The zero-order valence-electron chi connectivity index (χ0n) is 12.2. The first kappa shape index (κ1) is 15.2. The van der Waals surface area contributed by atoms with Crippen molar-refractivity contribution in [2.75, 3.05) is 7.11 Å². The van der Waals surface area contributed by atoms with Gasteiger partial charge in [0.25, 0.3) is 0 Å². The topological polar surface area (TPSA) is 22.4 Å². The van der Waals surface area contributed by atoms with Gasteiger partial charge in [0.15, 0.2) is 0 Å². The molecule has 2 nitrogen and oxygen atoms in total. The maximum atomic E-state index is 12.6. The Bertz CT molecular complexity index is 784. The number of alkyl halides is 3. The lowest BCUT2D eigenvalue weighted by Crippen LogP contribution is -2.03. The normalized spacial score (nSPS) is 11.5. The van der Waals surface area contributed by atoms with E-state index in [0.717, 1.165) is 23.4 Å². The van der Waals surface area contributed by atoms with E-state index in [2.05, 4.69) is 0 Å². The van der Waals surface area contributed by atoms with Crippen molar-refractivity contribution in [3.05, 3.63) is 66.2 Å². The molecule has 0 N–H and O–H groups in total. The molecule has 0 radical (unpaired) electrons. The fourth-order valence-electron chi connectivity index (χ4n) is 2.23. The number of rotatable bonds is 3. The van der Waals surface area contributed by atoms with E-state index in [1.54, 1.807) is 19.2 Å². The van der Waals surface area contributed by atoms with Crippen LogP contribution < -0.4 is 4.74 Å². The van der Waals surface area contributed by atoms with Crippen LogP contribution in [0.3, 0.4) is 0 Å². The van der Waals surface area contributed by atoms with Crippen LogP contribution in [0.4, 0.5) is 13.2 Å². The molecule has 0 aliphatic heterocycles. The van der Waals surface area contributed by atoms with Gasteiger partial charge in [-0.3, -0.25) is 0 Å². The Balaban J connectivity index is 1.86. The molecule has 5 heteroatoms. The molecule has 0 bridgehead atoms. The minimum absolute atomic E-state index is 0.518. The lowest BCUT2D eigenvalue weighted by Gasteiger charge is -2.06. The van der Waals surface area contributed by atoms with Crippen LogP contribution in [0, 0.1) is 0 Å². The summed E-state index contributed by atoms with van der Waals surface area (Å²) in [6.45, 7) is 0. The predicted octanol–water partition coefficient (Wildman–Crippen LogP) is 5.64. The fourth-order valence-corrected chi connectivity index (χ4v) is 2.23. The van der Waals surface area contributed by atoms with Gasteiger partial charge in [-0.05, 0) is 48.5 Å². The van der Waals surface area contributed by atoms with Crippen LogP contribution in [0.2, 0.25) is 0 Å². The van der Waals surface area contributed by atoms with Gasteiger partial charge in [-0.15, -0.1) is 0 Å². The molecule has 0 atom stereocenters. The summed E-state index contributed by atoms with van der Waals surface area (Å²) < 4.78 is 48.6. The van der Waals surface area contributed by atoms with Crippen molar-refractivity contribution in [1.29, 1.82) is 0 Å². The molecule has 0 unspecified atom stereocenters. The van der Waals surface area contributed by atoms with Crippen LogP contribution >= 0.6 is 0 Å². The summed E-state index contributed by atoms with van der Waals surface area (Å²) in [6, 6.07) is 15.8. The first-order valence-electron chi connectivity index (χ1n) is 6.89. The van der Waals surface area contributed by atoms with E-state index in [-0.39, 0.29) is 0 Å². The minimum Gasteiger partial charge on any atom is -0.497 e. The maximum Gasteiger partial charge on any atom is 0.416 e. The zero-order chi connectivity index (χ0) is 16.4. The Kier molecular flexibility index (Phi) is 3.86. The summed E-state index contributed by atoms with van der Waals surface area (Å²) in [5.41, 5.74) is 0.782. The van der Waals surface area contributed by atoms with Crippen LogP contribution in [0.25, 0.3) is 22.6 Å². The molecule has 0 aliphatic carbocycles. The van der Waals surface area contributed by atoms with E-state index >= 15 is 0 Å². The number of benzene rings is 2. The van der Waals surface area contributed by atoms with Crippen LogP contribution in [-0.4, -0.2) is 7.11 Å². The largest absolute Gasteiger partial charge is 0.497 e. The molecule has 0 saturated heterocycles. The monoisotopic (exact) mass is 318 g/mol. The molecule has 1 heterocycles. The number of hydrogen-bond acceptors (Lipinski definition) is 2. The van der Waals surface area contributed by atoms with Crippen molar-refractivity contribution >= 4 is 0 Å². The number of furan rings is 1. The van der Waals surface area contributed by atoms with Crippen molar-refractivity contribution in [2.24, 2.45) is 0 Å². The summed E-state index contributed by atoms with van der Waals surface area (Å²) >= 11 is 0. The Morgan fingerprint density at radius 2 is 1.22 bits per heavy atom. The van der Waals surface area contributed by atoms with Gasteiger partial charge in [-0.2, -0.15) is 13.2 Å². The van der Waals surface area contributed by atoms with Crippen LogP contribution in [-0.2, 0) is 6.18 Å². The van der Waals surface area contributed by atoms with E-state index in [1.165, 1.54) is 12.1 Å². The van der Waals surface area contributed by atoms with Crippen molar-refractivity contribution in [2.45, 2.75) is 6.18 Å². The fraction of sp³-hybridized carbons (Fsp3) is 0.111. The third-order valence-electron chi connectivity index (χ3n) is 3.48. The Hall–Kier alpha value is -2.69. The molecule has 0 spiro atoms. The lowest BCUT2D eigenvalue weighted by atomic mass is 10.1. The molecule has 3 rings (SSSR count). The standard InChI is InChI=1S/C18H13F3O2/c1-22-15-8-4-13(5-9-15)17-11-10-16(23-17)12-2-6-14(7-3-12)18(19,20)21/h2-11H,1H3. The summed E-state index contributed by atoms with van der Waals surface area (Å²) in [5.74, 6) is 1.90. The van der Waals surface area contributed by atoms with E-state index in [9.17, 15) is 13.2 Å². The zero-order valence-corrected chi connectivity index (χ0v) is 12.2. The molecule has 3 aromatic rings. The van der Waals surface area contributed by atoms with Gasteiger partial charge in [0.1, 0.15) is 17.3 Å². The number of hydrogen-bond donors (Lipinski definition) is 0. The third kappa shape index (κ3) is 3.23. The Morgan fingerprint density at radius 1 is 0.739 bits per heavy atom. The van der Waals surface area contributed by atoms with E-state index < -0.39 is 11.7 Å². The highest BCUT2D eigenvalue weighted by molar-refractivity contribution is 5.65. The number of ether oxygens (including phenoxy) is 1. The van der Waals surface area contributed by atoms with E-state index in [0.29, 0.717) is 17.1 Å². The first-order valence-corrected chi connectivity index (χ1v) is 6.89. The molecule has 118 valence electrons. The van der Waals surface area contributed by atoms with Crippen LogP contribution in [0.15, 0.2) is 65.1 Å². The average molecular weight is 318 g/mol. The van der Waals surface area contributed by atoms with E-state index in [4.69, 9.17) is 9.15 Å². The average Bonchev–Trinajstić information content (AvgIpc) is 3.04. The lowest BCUT2D eigenvalue weighted by molar-refractivity contribution is -0.137. The summed E-state index contributed by atoms with van der Waals surface area (Å²) in [6.07, 6.45) is -4.34. The highest BCUT2D eigenvalue weighted by atomic mass is 19.4. The molecule has 2 aromatic carbocycles. The van der Waals surface area contributed by atoms with Gasteiger partial charge in [0, 0.05) is 11.1 Å². The smallest absolute Gasteiger partial charge is 0.416 e.